The molecule has 0 radical (unpaired) electrons. The van der Waals surface area contributed by atoms with Crippen LogP contribution >= 0.6 is 0 Å². The number of imide groups is 1. The predicted molar refractivity (Wildman–Crippen MR) is 81.8 cm³/mol. The standard InChI is InChI=1S/C17H26N2O3/c20-15(18-12-6-2-1-3-7-12)10-11-19-16(21)13-8-4-5-9-14(13)17(19)22/h12-14H,1-11H2,(H,18,20). The molecule has 0 spiro atoms. The monoisotopic (exact) mass is 306 g/mol. The van der Waals surface area contributed by atoms with Crippen LogP contribution in [0.4, 0.5) is 0 Å². The summed E-state index contributed by atoms with van der Waals surface area (Å²) in [5.74, 6) is -0.326. The van der Waals surface area contributed by atoms with Crippen LogP contribution in [0.5, 0.6) is 0 Å². The lowest BCUT2D eigenvalue weighted by atomic mass is 9.81. The van der Waals surface area contributed by atoms with Gasteiger partial charge in [0.15, 0.2) is 0 Å². The van der Waals surface area contributed by atoms with Crippen molar-refractivity contribution in [1.82, 2.24) is 10.2 Å². The average Bonchev–Trinajstić information content (AvgIpc) is 2.78. The normalized spacial score (nSPS) is 29.5. The van der Waals surface area contributed by atoms with E-state index in [1.807, 2.05) is 0 Å². The molecule has 2 unspecified atom stereocenters. The molecule has 3 fully saturated rings. The van der Waals surface area contributed by atoms with Crippen molar-refractivity contribution < 1.29 is 14.4 Å². The molecule has 0 aromatic heterocycles. The van der Waals surface area contributed by atoms with Gasteiger partial charge in [-0.05, 0) is 25.7 Å². The highest BCUT2D eigenvalue weighted by molar-refractivity contribution is 6.05. The second-order valence-corrected chi connectivity index (χ2v) is 6.98. The number of likely N-dealkylation sites (tertiary alicyclic amines) is 1. The lowest BCUT2D eigenvalue weighted by Crippen LogP contribution is -2.39. The van der Waals surface area contributed by atoms with Crippen molar-refractivity contribution in [3.05, 3.63) is 0 Å². The fourth-order valence-corrected chi connectivity index (χ4v) is 4.21. The minimum atomic E-state index is -0.109. The first-order chi connectivity index (χ1) is 10.7. The van der Waals surface area contributed by atoms with Gasteiger partial charge < -0.3 is 5.32 Å². The Morgan fingerprint density at radius 1 is 0.909 bits per heavy atom. The molecule has 22 heavy (non-hydrogen) atoms. The first-order valence-corrected chi connectivity index (χ1v) is 8.81. The van der Waals surface area contributed by atoms with Gasteiger partial charge in [-0.3, -0.25) is 19.3 Å². The Balaban J connectivity index is 1.49. The molecule has 3 amide bonds. The topological polar surface area (TPSA) is 66.5 Å². The van der Waals surface area contributed by atoms with E-state index in [1.54, 1.807) is 0 Å². The van der Waals surface area contributed by atoms with E-state index >= 15 is 0 Å². The maximum absolute atomic E-state index is 12.3. The highest BCUT2D eigenvalue weighted by atomic mass is 16.2. The molecule has 1 saturated heterocycles. The number of hydrogen-bond acceptors (Lipinski definition) is 3. The van der Waals surface area contributed by atoms with Gasteiger partial charge in [0.05, 0.1) is 11.8 Å². The van der Waals surface area contributed by atoms with Gasteiger partial charge in [0.25, 0.3) is 0 Å². The fourth-order valence-electron chi connectivity index (χ4n) is 4.21. The molecular formula is C17H26N2O3. The van der Waals surface area contributed by atoms with Crippen molar-refractivity contribution in [3.63, 3.8) is 0 Å². The Bertz CT molecular complexity index is 433. The molecule has 0 aromatic rings. The van der Waals surface area contributed by atoms with Crippen molar-refractivity contribution in [1.29, 1.82) is 0 Å². The molecule has 1 N–H and O–H groups in total. The summed E-state index contributed by atoms with van der Waals surface area (Å²) < 4.78 is 0. The van der Waals surface area contributed by atoms with Crippen molar-refractivity contribution in [2.45, 2.75) is 70.3 Å². The van der Waals surface area contributed by atoms with Gasteiger partial charge in [0, 0.05) is 19.0 Å². The number of nitrogens with zero attached hydrogens (tertiary/aromatic N) is 1. The molecule has 1 heterocycles. The van der Waals surface area contributed by atoms with Crippen LogP contribution in [0.1, 0.15) is 64.2 Å². The Hall–Kier alpha value is -1.39. The van der Waals surface area contributed by atoms with E-state index in [0.29, 0.717) is 0 Å². The average molecular weight is 306 g/mol. The molecule has 3 rings (SSSR count). The van der Waals surface area contributed by atoms with Crippen LogP contribution < -0.4 is 5.32 Å². The van der Waals surface area contributed by atoms with Crippen LogP contribution in [0.2, 0.25) is 0 Å². The molecule has 0 aromatic carbocycles. The zero-order valence-corrected chi connectivity index (χ0v) is 13.2. The summed E-state index contributed by atoms with van der Waals surface area (Å²) in [6.07, 6.45) is 9.70. The van der Waals surface area contributed by atoms with Crippen molar-refractivity contribution in [3.8, 4) is 0 Å². The van der Waals surface area contributed by atoms with Gasteiger partial charge in [0.2, 0.25) is 17.7 Å². The van der Waals surface area contributed by atoms with E-state index in [-0.39, 0.29) is 48.6 Å². The summed E-state index contributed by atoms with van der Waals surface area (Å²) in [5.41, 5.74) is 0. The maximum atomic E-state index is 12.3. The number of rotatable bonds is 4. The van der Waals surface area contributed by atoms with Crippen LogP contribution in [-0.2, 0) is 14.4 Å². The molecular weight excluding hydrogens is 280 g/mol. The van der Waals surface area contributed by atoms with Crippen LogP contribution in [0.25, 0.3) is 0 Å². The van der Waals surface area contributed by atoms with E-state index in [2.05, 4.69) is 5.32 Å². The number of nitrogens with one attached hydrogen (secondary N) is 1. The van der Waals surface area contributed by atoms with E-state index in [4.69, 9.17) is 0 Å². The third-order valence-corrected chi connectivity index (χ3v) is 5.47. The summed E-state index contributed by atoms with van der Waals surface area (Å²) in [4.78, 5) is 38.0. The Kier molecular flexibility index (Phi) is 4.79. The number of amides is 3. The number of carbonyl (C=O) groups is 3. The van der Waals surface area contributed by atoms with Crippen LogP contribution in [0.3, 0.4) is 0 Å². The minimum Gasteiger partial charge on any atom is -0.353 e. The van der Waals surface area contributed by atoms with Crippen LogP contribution in [0, 0.1) is 11.8 Å². The summed E-state index contributed by atoms with van der Waals surface area (Å²) in [6.45, 7) is 0.253. The summed E-state index contributed by atoms with van der Waals surface area (Å²) in [7, 11) is 0. The zero-order chi connectivity index (χ0) is 15.5. The third kappa shape index (κ3) is 3.18. The Morgan fingerprint density at radius 3 is 2.05 bits per heavy atom. The molecule has 5 nitrogen and oxygen atoms in total. The van der Waals surface area contributed by atoms with E-state index < -0.39 is 0 Å². The molecule has 2 aliphatic carbocycles. The summed E-state index contributed by atoms with van der Waals surface area (Å²) in [6, 6.07) is 0.286. The van der Waals surface area contributed by atoms with Gasteiger partial charge in [-0.25, -0.2) is 0 Å². The molecule has 0 bridgehead atoms. The van der Waals surface area contributed by atoms with Crippen LogP contribution in [0.15, 0.2) is 0 Å². The van der Waals surface area contributed by atoms with Crippen molar-refractivity contribution in [2.75, 3.05) is 6.54 Å². The Morgan fingerprint density at radius 2 is 1.45 bits per heavy atom. The lowest BCUT2D eigenvalue weighted by Gasteiger charge is -2.23. The molecule has 1 aliphatic heterocycles. The lowest BCUT2D eigenvalue weighted by molar-refractivity contribution is -0.140. The van der Waals surface area contributed by atoms with E-state index in [1.165, 1.54) is 24.2 Å². The second-order valence-electron chi connectivity index (χ2n) is 6.98. The van der Waals surface area contributed by atoms with Crippen molar-refractivity contribution >= 4 is 17.7 Å². The number of carbonyl (C=O) groups excluding carboxylic acids is 3. The van der Waals surface area contributed by atoms with Crippen molar-refractivity contribution in [2.24, 2.45) is 11.8 Å². The van der Waals surface area contributed by atoms with Crippen LogP contribution in [-0.4, -0.2) is 35.2 Å². The fraction of sp³-hybridized carbons (Fsp3) is 0.824. The van der Waals surface area contributed by atoms with Gasteiger partial charge in [-0.2, -0.15) is 0 Å². The second kappa shape index (κ2) is 6.80. The van der Waals surface area contributed by atoms with Gasteiger partial charge in [-0.1, -0.05) is 32.1 Å². The predicted octanol–water partition coefficient (Wildman–Crippen LogP) is 2.00. The number of hydrogen-bond donors (Lipinski definition) is 1. The molecule has 2 saturated carbocycles. The third-order valence-electron chi connectivity index (χ3n) is 5.47. The first-order valence-electron chi connectivity index (χ1n) is 8.81. The maximum Gasteiger partial charge on any atom is 0.233 e. The smallest absolute Gasteiger partial charge is 0.233 e. The largest absolute Gasteiger partial charge is 0.353 e. The highest BCUT2D eigenvalue weighted by Gasteiger charge is 2.47. The molecule has 2 atom stereocenters. The quantitative estimate of drug-likeness (QED) is 0.808. The first kappa shape index (κ1) is 15.5. The zero-order valence-electron chi connectivity index (χ0n) is 13.2. The summed E-state index contributed by atoms with van der Waals surface area (Å²) >= 11 is 0. The minimum absolute atomic E-state index is 0.0256. The van der Waals surface area contributed by atoms with E-state index in [9.17, 15) is 14.4 Å². The van der Waals surface area contributed by atoms with Gasteiger partial charge in [-0.15, -0.1) is 0 Å². The molecule has 3 aliphatic rings. The van der Waals surface area contributed by atoms with Gasteiger partial charge >= 0.3 is 0 Å². The highest BCUT2D eigenvalue weighted by Crippen LogP contribution is 2.37. The molecule has 5 heteroatoms. The molecule has 122 valence electrons. The van der Waals surface area contributed by atoms with Gasteiger partial charge in [0.1, 0.15) is 0 Å². The SMILES string of the molecule is O=C(CCN1C(=O)C2CCCCC2C1=O)NC1CCCCC1. The summed E-state index contributed by atoms with van der Waals surface area (Å²) in [5, 5.41) is 3.05. The number of fused-ring (bicyclic) bond motifs is 1. The van der Waals surface area contributed by atoms with E-state index in [0.717, 1.165) is 38.5 Å². The Labute approximate surface area is 131 Å².